The summed E-state index contributed by atoms with van der Waals surface area (Å²) in [5.41, 5.74) is 27.4. The summed E-state index contributed by atoms with van der Waals surface area (Å²) in [6.45, 7) is 0. The zero-order chi connectivity index (χ0) is 54.7. The third-order valence-electron chi connectivity index (χ3n) is 18.8. The van der Waals surface area contributed by atoms with Crippen molar-refractivity contribution in [2.24, 2.45) is 0 Å². The average molecular weight is 1060 g/mol. The maximum absolute atomic E-state index is 2.65. The molecule has 17 rings (SSSR count). The fraction of sp³-hybridized carbons (Fsp3) is 0.0370. The zero-order valence-electron chi connectivity index (χ0n) is 45.6. The van der Waals surface area contributed by atoms with E-state index in [1.54, 1.807) is 0 Å². The van der Waals surface area contributed by atoms with Crippen molar-refractivity contribution < 1.29 is 0 Å². The molecule has 0 fully saturated rings. The standard InChI is InChI=1S/C81H54N2/c1-6-28-55(29-7-1)79(56-30-8-2-9-31-56)66-42-20-17-39-63(66)77-70(79)46-26-50-75(77)83(60-52-53-62-61-38-16-19-41-65(61)80(72(62)54-60,57-32-10-3-11-33-57)58-34-12-4-13-35-58)76-51-27-47-71-78(76)64-40-18-21-43-67(64)81(71)68-44-22-24-48-73(68)82(59-36-14-5-15-37-59)74-49-25-23-45-69(74)81/h1-54H. The molecule has 0 aromatic heterocycles. The van der Waals surface area contributed by atoms with Gasteiger partial charge in [-0.05, 0) is 138 Å². The van der Waals surface area contributed by atoms with Crippen molar-refractivity contribution >= 4 is 34.1 Å². The minimum absolute atomic E-state index is 0.610. The van der Waals surface area contributed by atoms with Crippen LogP contribution in [0.2, 0.25) is 0 Å². The highest BCUT2D eigenvalue weighted by atomic mass is 15.2. The molecular formula is C81H54N2. The Morgan fingerprint density at radius 2 is 0.566 bits per heavy atom. The van der Waals surface area contributed by atoms with E-state index in [4.69, 9.17) is 0 Å². The molecule has 0 bridgehead atoms. The van der Waals surface area contributed by atoms with Crippen molar-refractivity contribution in [2.45, 2.75) is 16.2 Å². The van der Waals surface area contributed by atoms with Gasteiger partial charge in [0.25, 0.3) is 0 Å². The summed E-state index contributed by atoms with van der Waals surface area (Å²) >= 11 is 0. The van der Waals surface area contributed by atoms with Gasteiger partial charge < -0.3 is 9.80 Å². The highest BCUT2D eigenvalue weighted by molar-refractivity contribution is 6.05. The summed E-state index contributed by atoms with van der Waals surface area (Å²) < 4.78 is 0. The van der Waals surface area contributed by atoms with E-state index < -0.39 is 16.2 Å². The summed E-state index contributed by atoms with van der Waals surface area (Å²) in [5.74, 6) is 0. The third kappa shape index (κ3) is 6.33. The zero-order valence-corrected chi connectivity index (χ0v) is 45.6. The minimum atomic E-state index is -0.664. The van der Waals surface area contributed by atoms with Crippen LogP contribution >= 0.6 is 0 Å². The first kappa shape index (κ1) is 47.3. The van der Waals surface area contributed by atoms with E-state index in [0.717, 1.165) is 22.7 Å². The topological polar surface area (TPSA) is 6.48 Å². The normalized spacial score (nSPS) is 14.5. The van der Waals surface area contributed by atoms with E-state index in [1.165, 1.54) is 112 Å². The van der Waals surface area contributed by atoms with E-state index in [1.807, 2.05) is 0 Å². The van der Waals surface area contributed by atoms with Crippen LogP contribution in [0.4, 0.5) is 34.1 Å². The second kappa shape index (κ2) is 18.2. The molecule has 2 heteroatoms. The van der Waals surface area contributed by atoms with Crippen LogP contribution in [0.25, 0.3) is 33.4 Å². The highest BCUT2D eigenvalue weighted by Gasteiger charge is 2.54. The summed E-state index contributed by atoms with van der Waals surface area (Å²) in [7, 11) is 0. The molecule has 13 aromatic carbocycles. The lowest BCUT2D eigenvalue weighted by Crippen LogP contribution is -2.36. The summed E-state index contributed by atoms with van der Waals surface area (Å²) in [6, 6.07) is 123. The van der Waals surface area contributed by atoms with Crippen LogP contribution in [-0.4, -0.2) is 0 Å². The summed E-state index contributed by atoms with van der Waals surface area (Å²) in [6.07, 6.45) is 0. The number of para-hydroxylation sites is 3. The highest BCUT2D eigenvalue weighted by Crippen LogP contribution is 2.67. The van der Waals surface area contributed by atoms with Gasteiger partial charge in [-0.2, -0.15) is 0 Å². The Kier molecular flexibility index (Phi) is 10.4. The van der Waals surface area contributed by atoms with E-state index in [9.17, 15) is 0 Å². The molecule has 1 heterocycles. The minimum Gasteiger partial charge on any atom is -0.310 e. The first-order chi connectivity index (χ1) is 41.2. The Balaban J connectivity index is 1.00. The van der Waals surface area contributed by atoms with Crippen molar-refractivity contribution in [3.05, 3.63) is 394 Å². The maximum Gasteiger partial charge on any atom is 0.0755 e. The molecule has 0 atom stereocenters. The van der Waals surface area contributed by atoms with Gasteiger partial charge in [-0.25, -0.2) is 0 Å². The van der Waals surface area contributed by atoms with E-state index in [-0.39, 0.29) is 0 Å². The van der Waals surface area contributed by atoms with Gasteiger partial charge in [0.1, 0.15) is 0 Å². The number of nitrogens with zero attached hydrogens (tertiary/aromatic N) is 2. The Labute approximate surface area is 485 Å². The maximum atomic E-state index is 2.65. The van der Waals surface area contributed by atoms with Gasteiger partial charge in [0.15, 0.2) is 0 Å². The number of hydrogen-bond acceptors (Lipinski definition) is 2. The van der Waals surface area contributed by atoms with Crippen LogP contribution in [0.5, 0.6) is 0 Å². The van der Waals surface area contributed by atoms with Crippen LogP contribution in [-0.2, 0) is 16.2 Å². The number of fused-ring (bicyclic) bond motifs is 15. The second-order valence-corrected chi connectivity index (χ2v) is 22.5. The molecule has 0 amide bonds. The van der Waals surface area contributed by atoms with Crippen LogP contribution in [0.1, 0.15) is 66.8 Å². The fourth-order valence-electron chi connectivity index (χ4n) is 15.8. The summed E-state index contributed by atoms with van der Waals surface area (Å²) in [5, 5.41) is 0. The van der Waals surface area contributed by atoms with Crippen LogP contribution in [0.15, 0.2) is 328 Å². The van der Waals surface area contributed by atoms with Crippen molar-refractivity contribution in [1.82, 2.24) is 0 Å². The van der Waals surface area contributed by atoms with Crippen LogP contribution < -0.4 is 9.80 Å². The molecule has 388 valence electrons. The lowest BCUT2D eigenvalue weighted by atomic mass is 9.64. The predicted octanol–water partition coefficient (Wildman–Crippen LogP) is 20.0. The van der Waals surface area contributed by atoms with Gasteiger partial charge in [-0.1, -0.05) is 279 Å². The molecule has 3 aliphatic carbocycles. The number of rotatable bonds is 8. The second-order valence-electron chi connectivity index (χ2n) is 22.5. The molecule has 0 radical (unpaired) electrons. The van der Waals surface area contributed by atoms with Gasteiger partial charge in [0.2, 0.25) is 0 Å². The first-order valence-electron chi connectivity index (χ1n) is 29.0. The molecule has 0 unspecified atom stereocenters. The Morgan fingerprint density at radius 3 is 1.05 bits per heavy atom. The molecule has 1 aliphatic heterocycles. The predicted molar refractivity (Wildman–Crippen MR) is 341 cm³/mol. The SMILES string of the molecule is c1ccc(N2c3ccccc3C3(c4ccccc4-c4c(N(c5ccc6c(c5)C(c5ccccc5)(c5ccccc5)c5ccccc5-6)c5cccc6c5-c5ccccc5C6(c5ccccc5)c5ccccc5)cccc43)c3ccccc32)cc1. The lowest BCUT2D eigenvalue weighted by molar-refractivity contribution is 0.752. The molecule has 0 saturated carbocycles. The van der Waals surface area contributed by atoms with E-state index in [2.05, 4.69) is 337 Å². The fourth-order valence-corrected chi connectivity index (χ4v) is 15.8. The van der Waals surface area contributed by atoms with Gasteiger partial charge in [0, 0.05) is 22.5 Å². The number of anilines is 6. The van der Waals surface area contributed by atoms with Crippen molar-refractivity contribution in [3.8, 4) is 33.4 Å². The van der Waals surface area contributed by atoms with Crippen molar-refractivity contribution in [1.29, 1.82) is 0 Å². The van der Waals surface area contributed by atoms with Crippen molar-refractivity contribution in [3.63, 3.8) is 0 Å². The third-order valence-corrected chi connectivity index (χ3v) is 18.8. The smallest absolute Gasteiger partial charge is 0.0755 e. The van der Waals surface area contributed by atoms with Gasteiger partial charge in [-0.15, -0.1) is 0 Å². The molecule has 83 heavy (non-hydrogen) atoms. The van der Waals surface area contributed by atoms with Crippen LogP contribution in [0, 0.1) is 0 Å². The molecular weight excluding hydrogens is 1000 g/mol. The van der Waals surface area contributed by atoms with Crippen LogP contribution in [0.3, 0.4) is 0 Å². The Hall–Kier alpha value is -10.5. The monoisotopic (exact) mass is 1050 g/mol. The summed E-state index contributed by atoms with van der Waals surface area (Å²) in [4.78, 5) is 5.12. The van der Waals surface area contributed by atoms with Gasteiger partial charge >= 0.3 is 0 Å². The van der Waals surface area contributed by atoms with E-state index in [0.29, 0.717) is 0 Å². The number of benzene rings is 13. The Bertz CT molecular complexity index is 4560. The first-order valence-corrected chi connectivity index (χ1v) is 29.0. The lowest BCUT2D eigenvalue weighted by Gasteiger charge is -2.45. The van der Waals surface area contributed by atoms with Gasteiger partial charge in [0.05, 0.1) is 39.0 Å². The molecule has 2 nitrogen and oxygen atoms in total. The molecule has 0 N–H and O–H groups in total. The largest absolute Gasteiger partial charge is 0.310 e. The Morgan fingerprint density at radius 1 is 0.229 bits per heavy atom. The quantitative estimate of drug-likeness (QED) is 0.150. The van der Waals surface area contributed by atoms with Gasteiger partial charge in [-0.3, -0.25) is 0 Å². The molecule has 1 spiro atoms. The molecule has 0 saturated heterocycles. The number of hydrogen-bond donors (Lipinski definition) is 0. The van der Waals surface area contributed by atoms with E-state index >= 15 is 0 Å². The molecule has 4 aliphatic rings. The van der Waals surface area contributed by atoms with Crippen molar-refractivity contribution in [2.75, 3.05) is 9.80 Å². The molecule has 13 aromatic rings. The average Bonchev–Trinajstić information content (AvgIpc) is 1.89.